The lowest BCUT2D eigenvalue weighted by Gasteiger charge is -2.10. The molecular weight excluding hydrogens is 403 g/mol. The van der Waals surface area contributed by atoms with E-state index in [1.54, 1.807) is 23.7 Å². The van der Waals surface area contributed by atoms with Gasteiger partial charge in [-0.1, -0.05) is 35.3 Å². The molecule has 1 heterocycles. The second-order valence-electron chi connectivity index (χ2n) is 6.08. The quantitative estimate of drug-likeness (QED) is 0.604. The van der Waals surface area contributed by atoms with Gasteiger partial charge in [-0.15, -0.1) is 11.8 Å². The highest BCUT2D eigenvalue weighted by Gasteiger charge is 2.10. The molecule has 0 saturated heterocycles. The van der Waals surface area contributed by atoms with Gasteiger partial charge in [0.05, 0.1) is 11.3 Å². The fraction of sp³-hybridized carbons (Fsp3) is 0.200. The van der Waals surface area contributed by atoms with Crippen molar-refractivity contribution in [3.05, 3.63) is 74.5 Å². The normalized spacial score (nSPS) is 10.9. The molecule has 140 valence electrons. The number of amides is 1. The van der Waals surface area contributed by atoms with E-state index in [2.05, 4.69) is 5.32 Å². The molecule has 0 spiro atoms. The molecule has 7 heteroatoms. The van der Waals surface area contributed by atoms with Crippen molar-refractivity contribution in [3.8, 4) is 0 Å². The molecule has 1 amide bonds. The van der Waals surface area contributed by atoms with Gasteiger partial charge in [0, 0.05) is 40.0 Å². The number of hydrogen-bond acceptors (Lipinski definition) is 3. The Kier molecular flexibility index (Phi) is 6.47. The maximum absolute atomic E-state index is 12.2. The Morgan fingerprint density at radius 1 is 1.07 bits per heavy atom. The van der Waals surface area contributed by atoms with Crippen LogP contribution in [0.4, 0.5) is 0 Å². The average Bonchev–Trinajstić information content (AvgIpc) is 2.65. The summed E-state index contributed by atoms with van der Waals surface area (Å²) in [4.78, 5) is 25.0. The van der Waals surface area contributed by atoms with Gasteiger partial charge in [0.15, 0.2) is 0 Å². The predicted molar refractivity (Wildman–Crippen MR) is 113 cm³/mol. The summed E-state index contributed by atoms with van der Waals surface area (Å²) in [6, 6.07) is 14.5. The van der Waals surface area contributed by atoms with E-state index in [0.717, 1.165) is 27.8 Å². The molecule has 0 aliphatic rings. The van der Waals surface area contributed by atoms with Crippen LogP contribution < -0.4 is 10.9 Å². The zero-order valence-electron chi connectivity index (χ0n) is 14.7. The first-order chi connectivity index (χ1) is 12.9. The lowest BCUT2D eigenvalue weighted by molar-refractivity contribution is -0.118. The molecule has 0 radical (unpaired) electrons. The summed E-state index contributed by atoms with van der Waals surface area (Å²) in [7, 11) is 1.72. The van der Waals surface area contributed by atoms with Crippen LogP contribution in [-0.4, -0.2) is 22.8 Å². The van der Waals surface area contributed by atoms with Gasteiger partial charge in [-0.05, 0) is 42.3 Å². The summed E-state index contributed by atoms with van der Waals surface area (Å²) in [6.45, 7) is 0.546. The van der Waals surface area contributed by atoms with Crippen LogP contribution in [0.2, 0.25) is 10.0 Å². The highest BCUT2D eigenvalue weighted by Crippen LogP contribution is 2.28. The second-order valence-corrected chi connectivity index (χ2v) is 7.97. The van der Waals surface area contributed by atoms with Crippen molar-refractivity contribution in [3.63, 3.8) is 0 Å². The number of fused-ring (bicyclic) bond motifs is 1. The molecule has 0 atom stereocenters. The molecule has 3 aromatic rings. The van der Waals surface area contributed by atoms with E-state index in [-0.39, 0.29) is 17.2 Å². The van der Waals surface area contributed by atoms with E-state index in [0.29, 0.717) is 16.6 Å². The van der Waals surface area contributed by atoms with E-state index < -0.39 is 0 Å². The van der Waals surface area contributed by atoms with Crippen molar-refractivity contribution in [1.82, 2.24) is 9.88 Å². The largest absolute Gasteiger partial charge is 0.355 e. The van der Waals surface area contributed by atoms with Gasteiger partial charge in [-0.25, -0.2) is 0 Å². The number of aromatic nitrogens is 1. The van der Waals surface area contributed by atoms with Crippen molar-refractivity contribution in [1.29, 1.82) is 0 Å². The third-order valence-electron chi connectivity index (χ3n) is 4.18. The molecule has 0 fully saturated rings. The maximum Gasteiger partial charge on any atom is 0.251 e. The van der Waals surface area contributed by atoms with Crippen molar-refractivity contribution < 1.29 is 4.79 Å². The van der Waals surface area contributed by atoms with Crippen molar-refractivity contribution in [2.75, 3.05) is 12.3 Å². The molecule has 0 aliphatic heterocycles. The minimum absolute atomic E-state index is 0.0789. The Morgan fingerprint density at radius 2 is 1.78 bits per heavy atom. The smallest absolute Gasteiger partial charge is 0.251 e. The van der Waals surface area contributed by atoms with Gasteiger partial charge in [0.25, 0.3) is 5.56 Å². The molecule has 4 nitrogen and oxygen atoms in total. The van der Waals surface area contributed by atoms with Crippen LogP contribution in [0.1, 0.15) is 5.56 Å². The lowest BCUT2D eigenvalue weighted by atomic mass is 10.1. The Balaban J connectivity index is 1.61. The summed E-state index contributed by atoms with van der Waals surface area (Å²) >= 11 is 13.3. The van der Waals surface area contributed by atoms with Crippen LogP contribution >= 0.6 is 35.0 Å². The minimum atomic E-state index is -0.115. The Labute approximate surface area is 171 Å². The Hall–Kier alpha value is -1.95. The first-order valence-corrected chi connectivity index (χ1v) is 10.1. The summed E-state index contributed by atoms with van der Waals surface area (Å²) in [5.41, 5.74) is 1.78. The highest BCUT2D eigenvalue weighted by atomic mass is 35.5. The number of nitrogens with zero attached hydrogens (tertiary/aromatic N) is 1. The van der Waals surface area contributed by atoms with E-state index in [4.69, 9.17) is 23.2 Å². The second kappa shape index (κ2) is 8.83. The number of halogens is 2. The Bertz CT molecular complexity index is 1030. The number of benzene rings is 2. The SMILES string of the molecule is Cn1c(=O)cc(SCC(=O)NCCc2ccc(Cl)cc2)c2cc(Cl)ccc21. The van der Waals surface area contributed by atoms with Gasteiger partial charge in [0.2, 0.25) is 5.91 Å². The predicted octanol–water partition coefficient (Wildman–Crippen LogP) is 4.30. The molecule has 1 N–H and O–H groups in total. The number of carbonyl (C=O) groups is 1. The van der Waals surface area contributed by atoms with E-state index in [1.165, 1.54) is 11.8 Å². The molecule has 2 aromatic carbocycles. The summed E-state index contributed by atoms with van der Waals surface area (Å²) in [6.07, 6.45) is 0.734. The van der Waals surface area contributed by atoms with Crippen LogP contribution in [-0.2, 0) is 18.3 Å². The summed E-state index contributed by atoms with van der Waals surface area (Å²) in [5, 5.41) is 5.05. The Morgan fingerprint density at radius 3 is 2.52 bits per heavy atom. The fourth-order valence-electron chi connectivity index (χ4n) is 2.71. The lowest BCUT2D eigenvalue weighted by Crippen LogP contribution is -2.27. The third kappa shape index (κ3) is 5.06. The minimum Gasteiger partial charge on any atom is -0.355 e. The average molecular weight is 421 g/mol. The number of carbonyl (C=O) groups excluding carboxylic acids is 1. The van der Waals surface area contributed by atoms with Crippen molar-refractivity contribution in [2.45, 2.75) is 11.3 Å². The van der Waals surface area contributed by atoms with Gasteiger partial charge >= 0.3 is 0 Å². The molecule has 0 bridgehead atoms. The summed E-state index contributed by atoms with van der Waals surface area (Å²) in [5.74, 6) is 0.153. The molecule has 0 unspecified atom stereocenters. The van der Waals surface area contributed by atoms with Crippen LogP contribution in [0.5, 0.6) is 0 Å². The fourth-order valence-corrected chi connectivity index (χ4v) is 3.90. The number of nitrogens with one attached hydrogen (secondary N) is 1. The molecule has 0 aliphatic carbocycles. The van der Waals surface area contributed by atoms with Crippen LogP contribution in [0.15, 0.2) is 58.2 Å². The van der Waals surface area contributed by atoms with E-state index in [9.17, 15) is 9.59 Å². The molecule has 0 saturated carbocycles. The van der Waals surface area contributed by atoms with E-state index >= 15 is 0 Å². The van der Waals surface area contributed by atoms with Gasteiger partial charge in [-0.2, -0.15) is 0 Å². The molecular formula is C20H18Cl2N2O2S. The topological polar surface area (TPSA) is 51.1 Å². The maximum atomic E-state index is 12.2. The van der Waals surface area contributed by atoms with Gasteiger partial charge < -0.3 is 9.88 Å². The van der Waals surface area contributed by atoms with Gasteiger partial charge in [0.1, 0.15) is 0 Å². The van der Waals surface area contributed by atoms with Crippen LogP contribution in [0.3, 0.4) is 0 Å². The van der Waals surface area contributed by atoms with Crippen LogP contribution in [0, 0.1) is 0 Å². The number of rotatable bonds is 6. The number of thioether (sulfide) groups is 1. The van der Waals surface area contributed by atoms with Crippen molar-refractivity contribution in [2.24, 2.45) is 7.05 Å². The van der Waals surface area contributed by atoms with Gasteiger partial charge in [-0.3, -0.25) is 9.59 Å². The monoisotopic (exact) mass is 420 g/mol. The standard InChI is InChI=1S/C20H18Cl2N2O2S/c1-24-17-7-6-15(22)10-16(17)18(11-20(24)26)27-12-19(25)23-9-8-13-2-4-14(21)5-3-13/h2-7,10-11H,8-9,12H2,1H3,(H,23,25). The summed E-state index contributed by atoms with van der Waals surface area (Å²) < 4.78 is 1.57. The number of aryl methyl sites for hydroxylation is 1. The zero-order chi connectivity index (χ0) is 19.4. The first-order valence-electron chi connectivity index (χ1n) is 8.37. The third-order valence-corrected chi connectivity index (χ3v) is 5.72. The number of hydrogen-bond donors (Lipinski definition) is 1. The molecule has 1 aromatic heterocycles. The van der Waals surface area contributed by atoms with Crippen molar-refractivity contribution >= 4 is 51.8 Å². The molecule has 27 heavy (non-hydrogen) atoms. The van der Waals surface area contributed by atoms with E-state index in [1.807, 2.05) is 36.4 Å². The zero-order valence-corrected chi connectivity index (χ0v) is 17.0. The molecule has 3 rings (SSSR count). The first kappa shape index (κ1) is 19.8. The van der Waals surface area contributed by atoms with Crippen LogP contribution in [0.25, 0.3) is 10.9 Å². The highest BCUT2D eigenvalue weighted by molar-refractivity contribution is 8.00. The number of pyridine rings is 1.